The number of carbonyl (C=O) groups is 1. The summed E-state index contributed by atoms with van der Waals surface area (Å²) < 4.78 is 5.49. The van der Waals surface area contributed by atoms with Gasteiger partial charge in [-0.05, 0) is 43.0 Å². The molecule has 1 aromatic heterocycles. The standard InChI is InChI=1S/C19H19N5O4/c20-12-14-3-2-10-23(14)19(25)16(21)11-13-5-7-15(8-6-13)28-18-17(24(26)27)4-1-9-22-18/h1,4-9,14,16H,2-3,10-11,21H2/t14-,16-/m0/s1. The Labute approximate surface area is 161 Å². The van der Waals surface area contributed by atoms with Gasteiger partial charge in [0.1, 0.15) is 11.8 Å². The van der Waals surface area contributed by atoms with Crippen molar-refractivity contribution in [1.82, 2.24) is 9.88 Å². The lowest BCUT2D eigenvalue weighted by Crippen LogP contribution is -2.46. The molecule has 1 amide bonds. The van der Waals surface area contributed by atoms with Crippen LogP contribution < -0.4 is 10.5 Å². The molecule has 0 aliphatic carbocycles. The highest BCUT2D eigenvalue weighted by molar-refractivity contribution is 5.82. The molecule has 1 aliphatic rings. The number of rotatable bonds is 6. The van der Waals surface area contributed by atoms with Crippen LogP contribution in [0.15, 0.2) is 42.6 Å². The van der Waals surface area contributed by atoms with E-state index in [1.165, 1.54) is 18.3 Å². The minimum atomic E-state index is -0.738. The number of nitriles is 1. The molecule has 0 saturated carbocycles. The molecule has 0 bridgehead atoms. The number of carbonyl (C=O) groups excluding carboxylic acids is 1. The first-order chi connectivity index (χ1) is 13.5. The van der Waals surface area contributed by atoms with Gasteiger partial charge in [-0.3, -0.25) is 14.9 Å². The number of pyridine rings is 1. The van der Waals surface area contributed by atoms with Crippen LogP contribution in [0.1, 0.15) is 18.4 Å². The summed E-state index contributed by atoms with van der Waals surface area (Å²) in [5.41, 5.74) is 6.63. The van der Waals surface area contributed by atoms with Gasteiger partial charge in [-0.25, -0.2) is 4.98 Å². The Bertz CT molecular complexity index is 909. The van der Waals surface area contributed by atoms with Gasteiger partial charge in [-0.15, -0.1) is 0 Å². The maximum absolute atomic E-state index is 12.5. The summed E-state index contributed by atoms with van der Waals surface area (Å²) in [7, 11) is 0. The maximum Gasteiger partial charge on any atom is 0.331 e. The molecule has 2 aromatic rings. The lowest BCUT2D eigenvalue weighted by Gasteiger charge is -2.23. The molecule has 0 spiro atoms. The Kier molecular flexibility index (Phi) is 5.81. The number of amides is 1. The van der Waals surface area contributed by atoms with Gasteiger partial charge in [0, 0.05) is 18.8 Å². The highest BCUT2D eigenvalue weighted by atomic mass is 16.6. The molecule has 2 heterocycles. The zero-order chi connectivity index (χ0) is 20.1. The number of likely N-dealkylation sites (tertiary alicyclic amines) is 1. The zero-order valence-electron chi connectivity index (χ0n) is 15.0. The molecule has 0 unspecified atom stereocenters. The number of benzene rings is 1. The number of nitrogens with two attached hydrogens (primary N) is 1. The third-order valence-electron chi connectivity index (χ3n) is 4.54. The van der Waals surface area contributed by atoms with Crippen molar-refractivity contribution in [3.63, 3.8) is 0 Å². The van der Waals surface area contributed by atoms with E-state index >= 15 is 0 Å². The third kappa shape index (κ3) is 4.24. The van der Waals surface area contributed by atoms with Crippen LogP contribution in [-0.4, -0.2) is 39.3 Å². The highest BCUT2D eigenvalue weighted by Gasteiger charge is 2.31. The molecule has 28 heavy (non-hydrogen) atoms. The van der Waals surface area contributed by atoms with Gasteiger partial charge < -0.3 is 15.4 Å². The minimum absolute atomic E-state index is 0.0938. The predicted molar refractivity (Wildman–Crippen MR) is 99.4 cm³/mol. The summed E-state index contributed by atoms with van der Waals surface area (Å²) in [6.45, 7) is 0.556. The number of hydrogen-bond donors (Lipinski definition) is 1. The number of nitro groups is 1. The second kappa shape index (κ2) is 8.45. The minimum Gasteiger partial charge on any atom is -0.434 e. The van der Waals surface area contributed by atoms with Crippen LogP contribution in [-0.2, 0) is 11.2 Å². The maximum atomic E-state index is 12.5. The van der Waals surface area contributed by atoms with Crippen molar-refractivity contribution in [1.29, 1.82) is 5.26 Å². The molecule has 2 N–H and O–H groups in total. The molecule has 1 saturated heterocycles. The largest absolute Gasteiger partial charge is 0.434 e. The van der Waals surface area contributed by atoms with Crippen LogP contribution in [0.2, 0.25) is 0 Å². The van der Waals surface area contributed by atoms with Crippen LogP contribution in [0.5, 0.6) is 11.6 Å². The fourth-order valence-electron chi connectivity index (χ4n) is 3.12. The summed E-state index contributed by atoms with van der Waals surface area (Å²) in [6, 6.07) is 10.5. The summed E-state index contributed by atoms with van der Waals surface area (Å²) in [5.74, 6) is 0.0618. The van der Waals surface area contributed by atoms with Gasteiger partial charge in [0.25, 0.3) is 5.88 Å². The monoisotopic (exact) mass is 381 g/mol. The number of nitrogens with zero attached hydrogens (tertiary/aromatic N) is 4. The fourth-order valence-corrected chi connectivity index (χ4v) is 3.12. The molecular formula is C19H19N5O4. The number of ether oxygens (including phenoxy) is 1. The summed E-state index contributed by atoms with van der Waals surface area (Å²) in [4.78, 5) is 28.4. The van der Waals surface area contributed by atoms with E-state index in [-0.39, 0.29) is 17.5 Å². The second-order valence-corrected chi connectivity index (χ2v) is 6.46. The van der Waals surface area contributed by atoms with Crippen molar-refractivity contribution < 1.29 is 14.5 Å². The average Bonchev–Trinajstić information content (AvgIpc) is 3.18. The van der Waals surface area contributed by atoms with Crippen LogP contribution in [0, 0.1) is 21.4 Å². The molecule has 3 rings (SSSR count). The van der Waals surface area contributed by atoms with Gasteiger partial charge in [-0.2, -0.15) is 5.26 Å². The Hall–Kier alpha value is -3.51. The number of hydrogen-bond acceptors (Lipinski definition) is 7. The topological polar surface area (TPSA) is 135 Å². The second-order valence-electron chi connectivity index (χ2n) is 6.46. The molecule has 144 valence electrons. The van der Waals surface area contributed by atoms with E-state index in [0.29, 0.717) is 25.1 Å². The molecule has 9 heteroatoms. The quantitative estimate of drug-likeness (QED) is 0.598. The van der Waals surface area contributed by atoms with Crippen molar-refractivity contribution in [2.24, 2.45) is 5.73 Å². The first-order valence-electron chi connectivity index (χ1n) is 8.81. The Morgan fingerprint density at radius 2 is 2.18 bits per heavy atom. The van der Waals surface area contributed by atoms with Crippen LogP contribution in [0.25, 0.3) is 0 Å². The Balaban J connectivity index is 1.64. The van der Waals surface area contributed by atoms with Gasteiger partial charge in [0.05, 0.1) is 17.0 Å². The van der Waals surface area contributed by atoms with Crippen molar-refractivity contribution >= 4 is 11.6 Å². The summed E-state index contributed by atoms with van der Waals surface area (Å²) in [5, 5.41) is 20.1. The van der Waals surface area contributed by atoms with Gasteiger partial charge in [0.15, 0.2) is 0 Å². The molecule has 0 radical (unpaired) electrons. The van der Waals surface area contributed by atoms with E-state index in [2.05, 4.69) is 11.1 Å². The third-order valence-corrected chi connectivity index (χ3v) is 4.54. The summed E-state index contributed by atoms with van der Waals surface area (Å²) >= 11 is 0. The fraction of sp³-hybridized carbons (Fsp3) is 0.316. The van der Waals surface area contributed by atoms with Crippen molar-refractivity contribution in [2.45, 2.75) is 31.3 Å². The zero-order valence-corrected chi connectivity index (χ0v) is 15.0. The van der Waals surface area contributed by atoms with Crippen molar-refractivity contribution in [3.8, 4) is 17.7 Å². The molecule has 1 fully saturated rings. The first-order valence-corrected chi connectivity index (χ1v) is 8.81. The van der Waals surface area contributed by atoms with Gasteiger partial charge in [-0.1, -0.05) is 12.1 Å². The van der Waals surface area contributed by atoms with E-state index in [4.69, 9.17) is 15.7 Å². The number of aromatic nitrogens is 1. The van der Waals surface area contributed by atoms with Crippen molar-refractivity contribution in [3.05, 3.63) is 58.3 Å². The lowest BCUT2D eigenvalue weighted by molar-refractivity contribution is -0.386. The Morgan fingerprint density at radius 1 is 1.43 bits per heavy atom. The average molecular weight is 381 g/mol. The van der Waals surface area contributed by atoms with Gasteiger partial charge >= 0.3 is 5.69 Å². The SMILES string of the molecule is N#C[C@@H]1CCCN1C(=O)[C@@H](N)Cc1ccc(Oc2ncccc2[N+](=O)[O-])cc1. The van der Waals surface area contributed by atoms with Crippen LogP contribution in [0.4, 0.5) is 5.69 Å². The highest BCUT2D eigenvalue weighted by Crippen LogP contribution is 2.28. The predicted octanol–water partition coefficient (Wildman–Crippen LogP) is 2.17. The van der Waals surface area contributed by atoms with E-state index in [9.17, 15) is 14.9 Å². The smallest absolute Gasteiger partial charge is 0.331 e. The normalized spacial score (nSPS) is 17.0. The van der Waals surface area contributed by atoms with E-state index < -0.39 is 17.0 Å². The van der Waals surface area contributed by atoms with E-state index in [1.54, 1.807) is 29.2 Å². The molecule has 1 aromatic carbocycles. The van der Waals surface area contributed by atoms with Gasteiger partial charge in [0.2, 0.25) is 5.91 Å². The molecule has 1 aliphatic heterocycles. The molecule has 2 atom stereocenters. The van der Waals surface area contributed by atoms with E-state index in [1.807, 2.05) is 0 Å². The Morgan fingerprint density at radius 3 is 2.86 bits per heavy atom. The summed E-state index contributed by atoms with van der Waals surface area (Å²) in [6.07, 6.45) is 3.22. The first kappa shape index (κ1) is 19.3. The van der Waals surface area contributed by atoms with Crippen molar-refractivity contribution in [2.75, 3.05) is 6.54 Å². The van der Waals surface area contributed by atoms with Crippen LogP contribution >= 0.6 is 0 Å². The lowest BCUT2D eigenvalue weighted by atomic mass is 10.1. The molecular weight excluding hydrogens is 362 g/mol. The van der Waals surface area contributed by atoms with Crippen LogP contribution in [0.3, 0.4) is 0 Å². The molecule has 9 nitrogen and oxygen atoms in total. The van der Waals surface area contributed by atoms with E-state index in [0.717, 1.165) is 12.0 Å².